The van der Waals surface area contributed by atoms with Gasteiger partial charge in [-0.3, -0.25) is 14.4 Å². The summed E-state index contributed by atoms with van der Waals surface area (Å²) in [7, 11) is 1.42. The van der Waals surface area contributed by atoms with Crippen LogP contribution in [0.3, 0.4) is 0 Å². The van der Waals surface area contributed by atoms with E-state index >= 15 is 0 Å². The molecule has 0 fully saturated rings. The number of benzene rings is 2. The molecular formula is C18H17ClN4O5. The van der Waals surface area contributed by atoms with Gasteiger partial charge in [0.15, 0.2) is 18.1 Å². The molecule has 0 atom stereocenters. The quantitative estimate of drug-likeness (QED) is 0.363. The van der Waals surface area contributed by atoms with Crippen LogP contribution in [0.2, 0.25) is 5.02 Å². The predicted octanol–water partition coefficient (Wildman–Crippen LogP) is 1.30. The number of methoxy groups -OCH3 is 1. The summed E-state index contributed by atoms with van der Waals surface area (Å²) in [6.07, 6.45) is 1.31. The van der Waals surface area contributed by atoms with Crippen LogP contribution in [0.5, 0.6) is 11.5 Å². The first-order valence-electron chi connectivity index (χ1n) is 7.88. The third kappa shape index (κ3) is 5.99. The Kier molecular flexibility index (Phi) is 7.35. The molecule has 2 rings (SSSR count). The zero-order chi connectivity index (χ0) is 20.5. The lowest BCUT2D eigenvalue weighted by Crippen LogP contribution is -2.32. The SMILES string of the molecule is COc1cc(/C=N/NC(=O)C(=O)Nc2ccccc2Cl)ccc1OCC(N)=O. The second-order valence-electron chi connectivity index (χ2n) is 5.30. The molecule has 10 heteroatoms. The topological polar surface area (TPSA) is 132 Å². The fourth-order valence-electron chi connectivity index (χ4n) is 1.99. The number of rotatable bonds is 7. The van der Waals surface area contributed by atoms with Crippen molar-refractivity contribution in [2.24, 2.45) is 10.8 Å². The van der Waals surface area contributed by atoms with Crippen LogP contribution in [0.25, 0.3) is 0 Å². The Morgan fingerprint density at radius 3 is 2.57 bits per heavy atom. The molecule has 3 amide bonds. The number of para-hydroxylation sites is 1. The largest absolute Gasteiger partial charge is 0.493 e. The highest BCUT2D eigenvalue weighted by molar-refractivity contribution is 6.41. The fourth-order valence-corrected chi connectivity index (χ4v) is 2.17. The maximum atomic E-state index is 11.8. The van der Waals surface area contributed by atoms with E-state index in [0.717, 1.165) is 0 Å². The van der Waals surface area contributed by atoms with Crippen LogP contribution in [-0.2, 0) is 14.4 Å². The van der Waals surface area contributed by atoms with Gasteiger partial charge in [0.2, 0.25) is 0 Å². The highest BCUT2D eigenvalue weighted by atomic mass is 35.5. The van der Waals surface area contributed by atoms with Crippen LogP contribution in [0.4, 0.5) is 5.69 Å². The Hall–Kier alpha value is -3.59. The Labute approximate surface area is 165 Å². The Bertz CT molecular complexity index is 917. The van der Waals surface area contributed by atoms with Crippen LogP contribution in [0.1, 0.15) is 5.56 Å². The van der Waals surface area contributed by atoms with Crippen LogP contribution in [0.15, 0.2) is 47.6 Å². The van der Waals surface area contributed by atoms with Crippen LogP contribution in [0, 0.1) is 0 Å². The normalized spacial score (nSPS) is 10.4. The van der Waals surface area contributed by atoms with Gasteiger partial charge in [-0.25, -0.2) is 5.43 Å². The van der Waals surface area contributed by atoms with E-state index in [9.17, 15) is 14.4 Å². The maximum absolute atomic E-state index is 11.8. The van der Waals surface area contributed by atoms with Crippen molar-refractivity contribution in [1.29, 1.82) is 0 Å². The van der Waals surface area contributed by atoms with Crippen molar-refractivity contribution in [3.05, 3.63) is 53.1 Å². The second-order valence-corrected chi connectivity index (χ2v) is 5.71. The van der Waals surface area contributed by atoms with Crippen LogP contribution < -0.4 is 25.9 Å². The van der Waals surface area contributed by atoms with Crippen LogP contribution >= 0.6 is 11.6 Å². The molecule has 0 spiro atoms. The molecule has 2 aromatic rings. The highest BCUT2D eigenvalue weighted by Gasteiger charge is 2.14. The van der Waals surface area contributed by atoms with Crippen molar-refractivity contribution >= 4 is 41.2 Å². The molecule has 0 unspecified atom stereocenters. The number of primary amides is 1. The molecule has 4 N–H and O–H groups in total. The number of ether oxygens (including phenoxy) is 2. The standard InChI is InChI=1S/C18H17ClN4O5/c1-27-15-8-11(6-7-14(15)28-10-16(20)24)9-21-23-18(26)17(25)22-13-5-3-2-4-12(13)19/h2-9H,10H2,1H3,(H2,20,24)(H,22,25)(H,23,26)/b21-9+. The van der Waals surface area contributed by atoms with E-state index in [1.54, 1.807) is 42.5 Å². The predicted molar refractivity (Wildman–Crippen MR) is 104 cm³/mol. The lowest BCUT2D eigenvalue weighted by atomic mass is 10.2. The highest BCUT2D eigenvalue weighted by Crippen LogP contribution is 2.27. The maximum Gasteiger partial charge on any atom is 0.329 e. The number of amides is 3. The second kappa shape index (κ2) is 9.93. The summed E-state index contributed by atoms with van der Waals surface area (Å²) in [4.78, 5) is 34.4. The number of carbonyl (C=O) groups excluding carboxylic acids is 3. The number of nitrogens with two attached hydrogens (primary N) is 1. The zero-order valence-corrected chi connectivity index (χ0v) is 15.5. The minimum Gasteiger partial charge on any atom is -0.493 e. The van der Waals surface area contributed by atoms with Gasteiger partial charge in [0.1, 0.15) is 0 Å². The molecule has 28 heavy (non-hydrogen) atoms. The van der Waals surface area contributed by atoms with Crippen LogP contribution in [-0.4, -0.2) is 37.7 Å². The first kappa shape index (κ1) is 20.7. The molecule has 0 saturated carbocycles. The molecule has 0 heterocycles. The van der Waals surface area contributed by atoms with Crippen molar-refractivity contribution in [2.45, 2.75) is 0 Å². The number of halogens is 1. The van der Waals surface area contributed by atoms with E-state index in [1.165, 1.54) is 13.3 Å². The molecular weight excluding hydrogens is 388 g/mol. The number of hydrogen-bond donors (Lipinski definition) is 3. The van der Waals surface area contributed by atoms with Gasteiger partial charge in [0.05, 0.1) is 24.0 Å². The minimum atomic E-state index is -0.968. The number of carbonyl (C=O) groups is 3. The average molecular weight is 405 g/mol. The molecule has 0 radical (unpaired) electrons. The minimum absolute atomic E-state index is 0.291. The third-order valence-corrected chi connectivity index (χ3v) is 3.60. The third-order valence-electron chi connectivity index (χ3n) is 3.27. The molecule has 0 aliphatic carbocycles. The molecule has 2 aromatic carbocycles. The number of anilines is 1. The van der Waals surface area contributed by atoms with E-state index in [1.807, 2.05) is 0 Å². The lowest BCUT2D eigenvalue weighted by molar-refractivity contribution is -0.136. The molecule has 146 valence electrons. The summed E-state index contributed by atoms with van der Waals surface area (Å²) < 4.78 is 10.4. The monoisotopic (exact) mass is 404 g/mol. The van der Waals surface area contributed by atoms with Crippen molar-refractivity contribution in [2.75, 3.05) is 19.0 Å². The number of nitrogens with one attached hydrogen (secondary N) is 2. The molecule has 0 bridgehead atoms. The fraction of sp³-hybridized carbons (Fsp3) is 0.111. The molecule has 0 saturated heterocycles. The van der Waals surface area contributed by atoms with Gasteiger partial charge < -0.3 is 20.5 Å². The van der Waals surface area contributed by atoms with E-state index in [0.29, 0.717) is 27.8 Å². The zero-order valence-electron chi connectivity index (χ0n) is 14.8. The molecule has 0 aliphatic heterocycles. The first-order valence-corrected chi connectivity index (χ1v) is 8.26. The summed E-state index contributed by atoms with van der Waals surface area (Å²) in [5.41, 5.74) is 8.00. The van der Waals surface area contributed by atoms with Gasteiger partial charge in [-0.05, 0) is 35.9 Å². The Morgan fingerprint density at radius 1 is 1.14 bits per heavy atom. The van der Waals surface area contributed by atoms with Gasteiger partial charge in [-0.1, -0.05) is 23.7 Å². The summed E-state index contributed by atoms with van der Waals surface area (Å²) in [5.74, 6) is -1.84. The summed E-state index contributed by atoms with van der Waals surface area (Å²) >= 11 is 5.91. The molecule has 0 aliphatic rings. The van der Waals surface area contributed by atoms with Crippen molar-refractivity contribution in [3.63, 3.8) is 0 Å². The lowest BCUT2D eigenvalue weighted by Gasteiger charge is -2.09. The number of nitrogens with zero attached hydrogens (tertiary/aromatic N) is 1. The summed E-state index contributed by atoms with van der Waals surface area (Å²) in [6, 6.07) is 11.2. The van der Waals surface area contributed by atoms with Gasteiger partial charge in [-0.15, -0.1) is 0 Å². The number of hydrogen-bond acceptors (Lipinski definition) is 6. The van der Waals surface area contributed by atoms with E-state index in [-0.39, 0.29) is 6.61 Å². The molecule has 0 aromatic heterocycles. The summed E-state index contributed by atoms with van der Waals surface area (Å²) in [5, 5.41) is 6.40. The van der Waals surface area contributed by atoms with Gasteiger partial charge >= 0.3 is 11.8 Å². The van der Waals surface area contributed by atoms with Gasteiger partial charge in [0.25, 0.3) is 5.91 Å². The van der Waals surface area contributed by atoms with Crippen molar-refractivity contribution < 1.29 is 23.9 Å². The smallest absolute Gasteiger partial charge is 0.329 e. The Balaban J connectivity index is 1.96. The van der Waals surface area contributed by atoms with Gasteiger partial charge in [0, 0.05) is 0 Å². The molecule has 9 nitrogen and oxygen atoms in total. The summed E-state index contributed by atoms with van der Waals surface area (Å²) in [6.45, 7) is -0.291. The number of hydrazone groups is 1. The van der Waals surface area contributed by atoms with E-state index < -0.39 is 17.7 Å². The first-order chi connectivity index (χ1) is 13.4. The Morgan fingerprint density at radius 2 is 1.89 bits per heavy atom. The van der Waals surface area contributed by atoms with Gasteiger partial charge in [-0.2, -0.15) is 5.10 Å². The average Bonchev–Trinajstić information content (AvgIpc) is 2.68. The van der Waals surface area contributed by atoms with Crippen molar-refractivity contribution in [1.82, 2.24) is 5.43 Å². The van der Waals surface area contributed by atoms with E-state index in [4.69, 9.17) is 26.8 Å². The van der Waals surface area contributed by atoms with E-state index in [2.05, 4.69) is 15.8 Å². The van der Waals surface area contributed by atoms with Crippen molar-refractivity contribution in [3.8, 4) is 11.5 Å².